The Morgan fingerprint density at radius 1 is 1.11 bits per heavy atom. The molecule has 1 aliphatic heterocycles. The van der Waals surface area contributed by atoms with Gasteiger partial charge in [0.2, 0.25) is 5.91 Å². The van der Waals surface area contributed by atoms with Crippen molar-refractivity contribution >= 4 is 5.91 Å². The maximum absolute atomic E-state index is 12.6. The summed E-state index contributed by atoms with van der Waals surface area (Å²) in [5.74, 6) is 0.183. The first-order valence-electron chi connectivity index (χ1n) is 10.7. The van der Waals surface area contributed by atoms with Gasteiger partial charge in [0, 0.05) is 38.6 Å². The third-order valence-electron chi connectivity index (χ3n) is 5.52. The second-order valence-electron chi connectivity index (χ2n) is 7.36. The first-order chi connectivity index (χ1) is 13.5. The molecule has 4 heteroatoms. The van der Waals surface area contributed by atoms with Crippen LogP contribution in [-0.4, -0.2) is 47.9 Å². The number of allylic oxidation sites excluding steroid dienone is 3. The molecule has 1 fully saturated rings. The Bertz CT molecular complexity index is 666. The molecule has 0 N–H and O–H groups in total. The molecule has 1 rings (SSSR count). The van der Waals surface area contributed by atoms with Gasteiger partial charge in [0.05, 0.1) is 12.5 Å². The van der Waals surface area contributed by atoms with Gasteiger partial charge in [-0.25, -0.2) is 0 Å². The maximum Gasteiger partial charge on any atom is 0.226 e. The van der Waals surface area contributed by atoms with Crippen molar-refractivity contribution < 1.29 is 4.79 Å². The van der Waals surface area contributed by atoms with Crippen molar-refractivity contribution in [2.75, 3.05) is 26.2 Å². The van der Waals surface area contributed by atoms with E-state index in [1.165, 1.54) is 11.1 Å². The van der Waals surface area contributed by atoms with Crippen LogP contribution < -0.4 is 0 Å². The van der Waals surface area contributed by atoms with Crippen molar-refractivity contribution in [2.24, 2.45) is 0 Å². The number of carbonyl (C=O) groups excluding carboxylic acids is 1. The molecule has 0 bridgehead atoms. The average molecular weight is 384 g/mol. The van der Waals surface area contributed by atoms with Crippen LogP contribution in [0.2, 0.25) is 0 Å². The number of hydrogen-bond acceptors (Lipinski definition) is 3. The highest BCUT2D eigenvalue weighted by molar-refractivity contribution is 5.78. The van der Waals surface area contributed by atoms with Crippen molar-refractivity contribution in [1.29, 1.82) is 5.26 Å². The molecule has 0 saturated carbocycles. The number of carbonyl (C=O) groups is 1. The molecule has 0 spiro atoms. The van der Waals surface area contributed by atoms with Gasteiger partial charge in [0.15, 0.2) is 0 Å². The van der Waals surface area contributed by atoms with Crippen LogP contribution in [0.25, 0.3) is 0 Å². The molecule has 0 radical (unpaired) electrons. The summed E-state index contributed by atoms with van der Waals surface area (Å²) in [6.07, 6.45) is 10.0. The summed E-state index contributed by atoms with van der Waals surface area (Å²) in [7, 11) is 0. The standard InChI is InChI=1S/C24H37N3O/c1-6-10-22(7-2)13-12-20(4)21(5)26-15-17-27(18-16-26)24(28)19-23(8-3)11-9-14-25/h10-11,13,21H,6-9,15-19H2,1-5H3/b22-10?,23-11-/t12?,21-/m0/s1. The Morgan fingerprint density at radius 2 is 1.79 bits per heavy atom. The summed E-state index contributed by atoms with van der Waals surface area (Å²) in [6.45, 7) is 14.1. The van der Waals surface area contributed by atoms with Crippen molar-refractivity contribution in [2.45, 2.75) is 72.8 Å². The Balaban J connectivity index is 2.63. The third kappa shape index (κ3) is 7.89. The monoisotopic (exact) mass is 383 g/mol. The van der Waals surface area contributed by atoms with E-state index in [0.717, 1.165) is 51.0 Å². The summed E-state index contributed by atoms with van der Waals surface area (Å²) >= 11 is 0. The maximum atomic E-state index is 12.6. The van der Waals surface area contributed by atoms with Crippen LogP contribution in [0.5, 0.6) is 0 Å². The SMILES string of the molecule is CCC=C(C=C=C(C)[C@H](C)N1CCN(C(=O)C/C(=C\CC#N)CC)CC1)CC. The van der Waals surface area contributed by atoms with Crippen LogP contribution in [-0.2, 0) is 4.79 Å². The largest absolute Gasteiger partial charge is 0.340 e. The van der Waals surface area contributed by atoms with Gasteiger partial charge >= 0.3 is 0 Å². The smallest absolute Gasteiger partial charge is 0.226 e. The van der Waals surface area contributed by atoms with Crippen LogP contribution in [0.1, 0.15) is 66.7 Å². The molecular formula is C24H37N3O. The van der Waals surface area contributed by atoms with Crippen LogP contribution in [0.15, 0.2) is 40.7 Å². The third-order valence-corrected chi connectivity index (χ3v) is 5.52. The quantitative estimate of drug-likeness (QED) is 0.319. The lowest BCUT2D eigenvalue weighted by Crippen LogP contribution is -2.51. The van der Waals surface area contributed by atoms with Crippen LogP contribution in [0.3, 0.4) is 0 Å². The zero-order valence-corrected chi connectivity index (χ0v) is 18.4. The number of hydrogen-bond donors (Lipinski definition) is 0. The molecule has 154 valence electrons. The van der Waals surface area contributed by atoms with Crippen LogP contribution in [0.4, 0.5) is 0 Å². The van der Waals surface area contributed by atoms with Crippen molar-refractivity contribution in [3.8, 4) is 6.07 Å². The second kappa shape index (κ2) is 13.2. The van der Waals surface area contributed by atoms with E-state index in [1.807, 2.05) is 17.9 Å². The van der Waals surface area contributed by atoms with Gasteiger partial charge in [-0.1, -0.05) is 38.5 Å². The summed E-state index contributed by atoms with van der Waals surface area (Å²) in [5.41, 5.74) is 7.11. The zero-order chi connectivity index (χ0) is 20.9. The molecule has 0 unspecified atom stereocenters. The fraction of sp³-hybridized carbons (Fsp3) is 0.625. The van der Waals surface area contributed by atoms with E-state index in [2.05, 4.69) is 56.5 Å². The van der Waals surface area contributed by atoms with Crippen LogP contribution >= 0.6 is 0 Å². The van der Waals surface area contributed by atoms with E-state index in [-0.39, 0.29) is 5.91 Å². The average Bonchev–Trinajstić information content (AvgIpc) is 2.73. The lowest BCUT2D eigenvalue weighted by atomic mass is 10.1. The summed E-state index contributed by atoms with van der Waals surface area (Å²) in [4.78, 5) is 17.0. The van der Waals surface area contributed by atoms with E-state index in [4.69, 9.17) is 5.26 Å². The number of piperazine rings is 1. The minimum atomic E-state index is 0.183. The fourth-order valence-electron chi connectivity index (χ4n) is 3.36. The van der Waals surface area contributed by atoms with E-state index in [1.54, 1.807) is 0 Å². The molecule has 1 saturated heterocycles. The molecule has 0 aromatic heterocycles. The molecule has 28 heavy (non-hydrogen) atoms. The Kier molecular flexibility index (Phi) is 11.3. The molecule has 1 aliphatic rings. The Labute approximate surface area is 171 Å². The van der Waals surface area contributed by atoms with Gasteiger partial charge in [0.25, 0.3) is 0 Å². The fourth-order valence-corrected chi connectivity index (χ4v) is 3.36. The summed E-state index contributed by atoms with van der Waals surface area (Å²) in [6, 6.07) is 2.45. The number of nitriles is 1. The van der Waals surface area contributed by atoms with Gasteiger partial charge in [-0.05, 0) is 50.3 Å². The van der Waals surface area contributed by atoms with E-state index >= 15 is 0 Å². The van der Waals surface area contributed by atoms with E-state index < -0.39 is 0 Å². The van der Waals surface area contributed by atoms with Crippen molar-refractivity contribution in [1.82, 2.24) is 9.80 Å². The molecule has 1 atom stereocenters. The first kappa shape index (κ1) is 24.0. The van der Waals surface area contributed by atoms with E-state index in [9.17, 15) is 4.79 Å². The highest BCUT2D eigenvalue weighted by atomic mass is 16.2. The molecular weight excluding hydrogens is 346 g/mol. The lowest BCUT2D eigenvalue weighted by molar-refractivity contribution is -0.132. The molecule has 4 nitrogen and oxygen atoms in total. The Hall–Kier alpha value is -2.08. The topological polar surface area (TPSA) is 47.3 Å². The van der Waals surface area contributed by atoms with Gasteiger partial charge in [-0.2, -0.15) is 5.26 Å². The summed E-state index contributed by atoms with van der Waals surface area (Å²) in [5, 5.41) is 8.72. The molecule has 1 amide bonds. The normalized spacial score (nSPS) is 16.9. The highest BCUT2D eigenvalue weighted by Crippen LogP contribution is 2.16. The second-order valence-corrected chi connectivity index (χ2v) is 7.36. The number of nitrogens with zero attached hydrogens (tertiary/aromatic N) is 3. The van der Waals surface area contributed by atoms with Crippen molar-refractivity contribution in [3.63, 3.8) is 0 Å². The molecule has 0 aromatic carbocycles. The predicted octanol–water partition coefficient (Wildman–Crippen LogP) is 5.01. The highest BCUT2D eigenvalue weighted by Gasteiger charge is 2.24. The number of rotatable bonds is 9. The molecule has 0 aliphatic carbocycles. The van der Waals surface area contributed by atoms with Crippen LogP contribution in [0, 0.1) is 11.3 Å². The first-order valence-corrected chi connectivity index (χ1v) is 10.7. The number of amides is 1. The molecule has 0 aromatic rings. The molecule has 1 heterocycles. The van der Waals surface area contributed by atoms with Gasteiger partial charge in [-0.3, -0.25) is 9.69 Å². The zero-order valence-electron chi connectivity index (χ0n) is 18.4. The van der Waals surface area contributed by atoms with Gasteiger partial charge < -0.3 is 4.90 Å². The minimum Gasteiger partial charge on any atom is -0.340 e. The Morgan fingerprint density at radius 3 is 2.32 bits per heavy atom. The summed E-state index contributed by atoms with van der Waals surface area (Å²) < 4.78 is 0. The lowest BCUT2D eigenvalue weighted by Gasteiger charge is -2.38. The van der Waals surface area contributed by atoms with Crippen molar-refractivity contribution in [3.05, 3.63) is 40.7 Å². The predicted molar refractivity (Wildman–Crippen MR) is 117 cm³/mol. The van der Waals surface area contributed by atoms with E-state index in [0.29, 0.717) is 18.9 Å². The van der Waals surface area contributed by atoms with Gasteiger partial charge in [-0.15, -0.1) is 5.73 Å². The minimum absolute atomic E-state index is 0.183. The van der Waals surface area contributed by atoms with Gasteiger partial charge in [0.1, 0.15) is 0 Å².